The molecule has 0 spiro atoms. The molecule has 148 valence electrons. The molecule has 0 radical (unpaired) electrons. The van der Waals surface area contributed by atoms with E-state index in [0.29, 0.717) is 29.6 Å². The van der Waals surface area contributed by atoms with E-state index < -0.39 is 0 Å². The number of ether oxygens (including phenoxy) is 1. The van der Waals surface area contributed by atoms with Crippen molar-refractivity contribution in [1.82, 2.24) is 19.6 Å². The molecule has 4 saturated heterocycles. The number of carbonyl (C=O) groups is 1. The number of hydrogen-bond donors (Lipinski definition) is 0. The Kier molecular flexibility index (Phi) is 4.19. The highest BCUT2D eigenvalue weighted by atomic mass is 16.5. The highest BCUT2D eigenvalue weighted by molar-refractivity contribution is 5.93. The zero-order chi connectivity index (χ0) is 19.4. The minimum atomic E-state index is 0.128. The highest BCUT2D eigenvalue weighted by Crippen LogP contribution is 2.47. The Hall–Kier alpha value is -2.34. The number of rotatable bonds is 3. The number of benzene rings is 1. The topological polar surface area (TPSA) is 50.6 Å². The van der Waals surface area contributed by atoms with Gasteiger partial charge >= 0.3 is 0 Å². The van der Waals surface area contributed by atoms with E-state index >= 15 is 0 Å². The van der Waals surface area contributed by atoms with Crippen molar-refractivity contribution >= 4 is 5.91 Å². The van der Waals surface area contributed by atoms with Gasteiger partial charge in [0.25, 0.3) is 5.91 Å². The van der Waals surface area contributed by atoms with Crippen LogP contribution in [0.4, 0.5) is 0 Å². The van der Waals surface area contributed by atoms with Gasteiger partial charge in [-0.3, -0.25) is 14.4 Å². The van der Waals surface area contributed by atoms with Gasteiger partial charge in [-0.1, -0.05) is 12.1 Å². The molecule has 6 nitrogen and oxygen atoms in total. The van der Waals surface area contributed by atoms with Gasteiger partial charge in [0.2, 0.25) is 0 Å². The predicted molar refractivity (Wildman–Crippen MR) is 107 cm³/mol. The largest absolute Gasteiger partial charge is 0.497 e. The van der Waals surface area contributed by atoms with Crippen LogP contribution in [0.15, 0.2) is 30.3 Å². The third-order valence-electron chi connectivity index (χ3n) is 7.02. The molecule has 6 heteroatoms. The Labute approximate surface area is 166 Å². The first-order valence-corrected chi connectivity index (χ1v) is 10.3. The number of methoxy groups -OCH3 is 1. The first-order chi connectivity index (χ1) is 13.6. The SMILES string of the molecule is COc1ccc(C2CN(C(=O)c3cc(C)nn3C)C3C4CCN(CC4)C23)cc1. The second kappa shape index (κ2) is 6.62. The van der Waals surface area contributed by atoms with E-state index in [1.807, 2.05) is 32.2 Å². The molecule has 2 bridgehead atoms. The number of nitrogens with zero attached hydrogens (tertiary/aromatic N) is 4. The Balaban J connectivity index is 1.51. The summed E-state index contributed by atoms with van der Waals surface area (Å²) in [7, 11) is 3.56. The van der Waals surface area contributed by atoms with Crippen molar-refractivity contribution in [1.29, 1.82) is 0 Å². The van der Waals surface area contributed by atoms with E-state index in [9.17, 15) is 4.79 Å². The molecule has 0 saturated carbocycles. The van der Waals surface area contributed by atoms with Crippen LogP contribution >= 0.6 is 0 Å². The van der Waals surface area contributed by atoms with Gasteiger partial charge in [0, 0.05) is 25.6 Å². The molecule has 6 rings (SSSR count). The predicted octanol–water partition coefficient (Wildman–Crippen LogP) is 2.44. The lowest BCUT2D eigenvalue weighted by Crippen LogP contribution is -2.60. The first-order valence-electron chi connectivity index (χ1n) is 10.3. The number of carbonyl (C=O) groups excluding carboxylic acids is 1. The molecule has 4 aliphatic rings. The number of fused-ring (bicyclic) bond motifs is 2. The maximum absolute atomic E-state index is 13.5. The molecule has 1 aromatic carbocycles. The van der Waals surface area contributed by atoms with Crippen LogP contribution in [0, 0.1) is 12.8 Å². The fourth-order valence-corrected chi connectivity index (χ4v) is 5.76. The molecular formula is C22H28N4O2. The van der Waals surface area contributed by atoms with E-state index in [1.165, 1.54) is 18.4 Å². The summed E-state index contributed by atoms with van der Waals surface area (Å²) in [6.07, 6.45) is 2.40. The fraction of sp³-hybridized carbons (Fsp3) is 0.545. The molecule has 2 aromatic rings. The van der Waals surface area contributed by atoms with Crippen LogP contribution in [0.1, 0.15) is 40.5 Å². The van der Waals surface area contributed by atoms with Crippen molar-refractivity contribution in [3.05, 3.63) is 47.3 Å². The van der Waals surface area contributed by atoms with E-state index in [1.54, 1.807) is 11.8 Å². The summed E-state index contributed by atoms with van der Waals surface area (Å²) in [5, 5.41) is 4.40. The standard InChI is InChI=1S/C22H28N4O2/c1-14-12-19(24(2)23-14)22(27)26-13-18(15-4-6-17(28-3)7-5-15)21-20(26)16-8-10-25(21)11-9-16/h4-7,12,16,18,20-21H,8-11,13H2,1-3H3. The summed E-state index contributed by atoms with van der Waals surface area (Å²) in [6, 6.07) is 11.1. The molecule has 1 amide bonds. The number of hydrogen-bond acceptors (Lipinski definition) is 4. The van der Waals surface area contributed by atoms with Crippen LogP contribution < -0.4 is 4.74 Å². The first kappa shape index (κ1) is 17.7. The van der Waals surface area contributed by atoms with Crippen molar-refractivity contribution in [2.45, 2.75) is 37.8 Å². The van der Waals surface area contributed by atoms with E-state index in [-0.39, 0.29) is 5.91 Å². The summed E-state index contributed by atoms with van der Waals surface area (Å²) in [6.45, 7) is 5.03. The van der Waals surface area contributed by atoms with Gasteiger partial charge < -0.3 is 9.64 Å². The van der Waals surface area contributed by atoms with Gasteiger partial charge in [-0.25, -0.2) is 0 Å². The Morgan fingerprint density at radius 3 is 2.46 bits per heavy atom. The summed E-state index contributed by atoms with van der Waals surface area (Å²) < 4.78 is 7.07. The van der Waals surface area contributed by atoms with Crippen molar-refractivity contribution in [3.8, 4) is 5.75 Å². The third-order valence-corrected chi connectivity index (χ3v) is 7.02. The number of likely N-dealkylation sites (tertiary alicyclic amines) is 1. The van der Waals surface area contributed by atoms with Crippen molar-refractivity contribution < 1.29 is 9.53 Å². The molecule has 4 fully saturated rings. The lowest BCUT2D eigenvalue weighted by atomic mass is 9.75. The average molecular weight is 380 g/mol. The Morgan fingerprint density at radius 2 is 1.86 bits per heavy atom. The van der Waals surface area contributed by atoms with Crippen LogP contribution in [0.25, 0.3) is 0 Å². The number of aromatic nitrogens is 2. The quantitative estimate of drug-likeness (QED) is 0.821. The molecule has 5 heterocycles. The maximum atomic E-state index is 13.5. The highest BCUT2D eigenvalue weighted by Gasteiger charge is 2.54. The lowest BCUT2D eigenvalue weighted by molar-refractivity contribution is -0.00372. The summed E-state index contributed by atoms with van der Waals surface area (Å²) >= 11 is 0. The van der Waals surface area contributed by atoms with E-state index in [0.717, 1.165) is 31.1 Å². The van der Waals surface area contributed by atoms with E-state index in [2.05, 4.69) is 27.0 Å². The summed E-state index contributed by atoms with van der Waals surface area (Å²) in [5.74, 6) is 1.96. The van der Waals surface area contributed by atoms with Gasteiger partial charge in [-0.05, 0) is 62.5 Å². The zero-order valence-corrected chi connectivity index (χ0v) is 16.8. The monoisotopic (exact) mass is 380 g/mol. The van der Waals surface area contributed by atoms with Crippen LogP contribution in [0.3, 0.4) is 0 Å². The molecule has 0 aliphatic carbocycles. The van der Waals surface area contributed by atoms with Gasteiger partial charge in [0.15, 0.2) is 0 Å². The normalized spacial score (nSPS) is 31.1. The summed E-state index contributed by atoms with van der Waals surface area (Å²) in [5.41, 5.74) is 2.89. The van der Waals surface area contributed by atoms with Crippen LogP contribution in [-0.4, -0.2) is 64.3 Å². The second-order valence-electron chi connectivity index (χ2n) is 8.49. The molecular weight excluding hydrogens is 352 g/mol. The van der Waals surface area contributed by atoms with Crippen molar-refractivity contribution in [2.24, 2.45) is 13.0 Å². The van der Waals surface area contributed by atoms with Crippen LogP contribution in [0.2, 0.25) is 0 Å². The van der Waals surface area contributed by atoms with Crippen LogP contribution in [-0.2, 0) is 7.05 Å². The van der Waals surface area contributed by atoms with Crippen molar-refractivity contribution in [3.63, 3.8) is 0 Å². The number of amides is 1. The third kappa shape index (κ3) is 2.65. The summed E-state index contributed by atoms with van der Waals surface area (Å²) in [4.78, 5) is 18.3. The van der Waals surface area contributed by atoms with Crippen LogP contribution in [0.5, 0.6) is 5.75 Å². The van der Waals surface area contributed by atoms with E-state index in [4.69, 9.17) is 4.74 Å². The molecule has 3 unspecified atom stereocenters. The zero-order valence-electron chi connectivity index (χ0n) is 16.8. The molecule has 0 N–H and O–H groups in total. The number of piperidine rings is 3. The lowest BCUT2D eigenvalue weighted by Gasteiger charge is -2.51. The van der Waals surface area contributed by atoms with Gasteiger partial charge in [-0.2, -0.15) is 5.10 Å². The Morgan fingerprint density at radius 1 is 1.14 bits per heavy atom. The fourth-order valence-electron chi connectivity index (χ4n) is 5.76. The van der Waals surface area contributed by atoms with Gasteiger partial charge in [-0.15, -0.1) is 0 Å². The Bertz CT molecular complexity index is 882. The maximum Gasteiger partial charge on any atom is 0.272 e. The smallest absolute Gasteiger partial charge is 0.272 e. The van der Waals surface area contributed by atoms with Gasteiger partial charge in [0.05, 0.1) is 18.8 Å². The average Bonchev–Trinajstić information content (AvgIpc) is 3.30. The van der Waals surface area contributed by atoms with Gasteiger partial charge in [0.1, 0.15) is 11.4 Å². The minimum absolute atomic E-state index is 0.128. The van der Waals surface area contributed by atoms with Crippen molar-refractivity contribution in [2.75, 3.05) is 26.7 Å². The minimum Gasteiger partial charge on any atom is -0.497 e. The molecule has 28 heavy (non-hydrogen) atoms. The number of aryl methyl sites for hydroxylation is 2. The molecule has 4 aliphatic heterocycles. The molecule has 1 aromatic heterocycles. The second-order valence-corrected chi connectivity index (χ2v) is 8.49. The molecule has 3 atom stereocenters.